The summed E-state index contributed by atoms with van der Waals surface area (Å²) in [6, 6.07) is 25.0. The Morgan fingerprint density at radius 1 is 0.635 bits per heavy atom. The van der Waals surface area contributed by atoms with Gasteiger partial charge in [0.15, 0.2) is 0 Å². The molecule has 0 aliphatic carbocycles. The molecule has 8 nitrogen and oxygen atoms in total. The largest absolute Gasteiger partial charge is 0.462 e. The first-order chi connectivity index (χ1) is 25.1. The summed E-state index contributed by atoms with van der Waals surface area (Å²) in [7, 11) is -1.78. The van der Waals surface area contributed by atoms with Crippen LogP contribution < -0.4 is 0 Å². The molecule has 2 aromatic carbocycles. The molecule has 2 aliphatic rings. The second kappa shape index (κ2) is 14.2. The summed E-state index contributed by atoms with van der Waals surface area (Å²) in [5.74, 6) is 2.80. The molecule has 0 radical (unpaired) electrons. The predicted octanol–water partition coefficient (Wildman–Crippen LogP) is 9.57. The number of esters is 2. The van der Waals surface area contributed by atoms with Crippen LogP contribution in [0.3, 0.4) is 0 Å². The molecule has 0 saturated carbocycles. The summed E-state index contributed by atoms with van der Waals surface area (Å²) in [4.78, 5) is 42.4. The maximum atomic E-state index is 12.4. The van der Waals surface area contributed by atoms with Crippen LogP contribution in [-0.2, 0) is 9.47 Å². The molecule has 258 valence electrons. The predicted molar refractivity (Wildman–Crippen MR) is 212 cm³/mol. The molecule has 2 aliphatic heterocycles. The van der Waals surface area contributed by atoms with Gasteiger partial charge in [-0.25, -0.2) is 19.6 Å². The molecular formula is C43H38N4O4Si. The first-order valence-electron chi connectivity index (χ1n) is 17.3. The Morgan fingerprint density at radius 2 is 1.15 bits per heavy atom. The molecule has 3 aromatic heterocycles. The number of carbonyl (C=O) groups is 2. The molecule has 0 amide bonds. The van der Waals surface area contributed by atoms with E-state index in [4.69, 9.17) is 19.4 Å². The number of ether oxygens (including phenoxy) is 2. The quantitative estimate of drug-likeness (QED) is 0.101. The van der Waals surface area contributed by atoms with E-state index < -0.39 is 8.07 Å². The molecule has 7 rings (SSSR count). The number of fused-ring (bicyclic) bond motifs is 8. The van der Waals surface area contributed by atoms with E-state index in [1.807, 2.05) is 78.9 Å². The summed E-state index contributed by atoms with van der Waals surface area (Å²) in [6.07, 6.45) is 8.02. The van der Waals surface area contributed by atoms with Gasteiger partial charge in [-0.05, 0) is 104 Å². The van der Waals surface area contributed by atoms with Crippen molar-refractivity contribution in [3.63, 3.8) is 0 Å². The van der Waals surface area contributed by atoms with E-state index in [9.17, 15) is 9.59 Å². The summed E-state index contributed by atoms with van der Waals surface area (Å²) in [5.41, 5.74) is 15.4. The van der Waals surface area contributed by atoms with Crippen molar-refractivity contribution in [2.45, 2.75) is 33.5 Å². The molecule has 0 atom stereocenters. The molecule has 8 bridgehead atoms. The fourth-order valence-electron chi connectivity index (χ4n) is 6.10. The van der Waals surface area contributed by atoms with Gasteiger partial charge in [0.1, 0.15) is 8.07 Å². The Bertz CT molecular complexity index is 2450. The van der Waals surface area contributed by atoms with E-state index in [0.717, 1.165) is 72.7 Å². The van der Waals surface area contributed by atoms with Gasteiger partial charge in [0, 0.05) is 27.7 Å². The van der Waals surface area contributed by atoms with Crippen molar-refractivity contribution in [3.8, 4) is 33.7 Å². The average Bonchev–Trinajstić information content (AvgIpc) is 3.96. The van der Waals surface area contributed by atoms with Crippen LogP contribution in [0, 0.1) is 11.5 Å². The molecule has 0 saturated heterocycles. The van der Waals surface area contributed by atoms with Crippen LogP contribution in [0.4, 0.5) is 0 Å². The lowest BCUT2D eigenvalue weighted by Crippen LogP contribution is -2.16. The van der Waals surface area contributed by atoms with E-state index in [0.29, 0.717) is 24.3 Å². The standard InChI is InChI=1S/C43H38N4O4Si/c1-6-50-42(48)29-12-8-27(9-13-29)40-36-18-16-31(44-36)26-32-17-19-37(45-32)41(28-10-14-30(15-11-28)43(49)51-7-2)39-23-21-35(47-39)33(24-25-52(3,4)5)34-20-22-38(40)46-34/h8-23,26,44,47H,6-7H2,1-5H3. The fourth-order valence-corrected chi connectivity index (χ4v) is 6.60. The number of nitrogens with one attached hydrogen (secondary N) is 2. The van der Waals surface area contributed by atoms with E-state index in [2.05, 4.69) is 41.1 Å². The number of rotatable bonds is 6. The third kappa shape index (κ3) is 7.15. The number of benzene rings is 2. The van der Waals surface area contributed by atoms with Crippen LogP contribution in [0.1, 0.15) is 62.9 Å². The van der Waals surface area contributed by atoms with Crippen LogP contribution >= 0.6 is 0 Å². The number of H-pyrrole nitrogens is 2. The lowest BCUT2D eigenvalue weighted by molar-refractivity contribution is 0.0517. The monoisotopic (exact) mass is 702 g/mol. The molecule has 5 aromatic rings. The number of nitrogens with zero attached hydrogens (tertiary/aromatic N) is 2. The minimum absolute atomic E-state index is 0.310. The number of aromatic amines is 2. The van der Waals surface area contributed by atoms with Gasteiger partial charge in [-0.15, -0.1) is 5.54 Å². The Labute approximate surface area is 303 Å². The van der Waals surface area contributed by atoms with Crippen LogP contribution in [0.25, 0.3) is 68.6 Å². The fraction of sp³-hybridized carbons (Fsp3) is 0.163. The summed E-state index contributed by atoms with van der Waals surface area (Å²) >= 11 is 0. The van der Waals surface area contributed by atoms with E-state index in [1.165, 1.54) is 0 Å². The minimum atomic E-state index is -1.78. The second-order valence-electron chi connectivity index (χ2n) is 13.4. The number of carbonyl (C=O) groups excluding carboxylic acids is 2. The van der Waals surface area contributed by atoms with Gasteiger partial charge in [-0.2, -0.15) is 0 Å². The number of hydrogen-bond donors (Lipinski definition) is 2. The van der Waals surface area contributed by atoms with E-state index in [-0.39, 0.29) is 11.9 Å². The maximum absolute atomic E-state index is 12.4. The zero-order chi connectivity index (χ0) is 36.4. The molecule has 52 heavy (non-hydrogen) atoms. The van der Waals surface area contributed by atoms with Gasteiger partial charge in [0.25, 0.3) is 0 Å². The molecule has 0 spiro atoms. The highest BCUT2D eigenvalue weighted by Crippen LogP contribution is 2.33. The van der Waals surface area contributed by atoms with E-state index >= 15 is 0 Å². The molecule has 0 unspecified atom stereocenters. The Balaban J connectivity index is 1.52. The highest BCUT2D eigenvalue weighted by Gasteiger charge is 2.17. The third-order valence-corrected chi connectivity index (χ3v) is 9.38. The summed E-state index contributed by atoms with van der Waals surface area (Å²) in [5, 5.41) is 0. The lowest BCUT2D eigenvalue weighted by atomic mass is 10.0. The topological polar surface area (TPSA) is 110 Å². The van der Waals surface area contributed by atoms with E-state index in [1.54, 1.807) is 38.1 Å². The van der Waals surface area contributed by atoms with Crippen LogP contribution in [0.2, 0.25) is 19.6 Å². The van der Waals surface area contributed by atoms with Crippen molar-refractivity contribution >= 4 is 66.4 Å². The van der Waals surface area contributed by atoms with Crippen molar-refractivity contribution < 1.29 is 19.1 Å². The van der Waals surface area contributed by atoms with Gasteiger partial charge < -0.3 is 19.4 Å². The van der Waals surface area contributed by atoms with Crippen LogP contribution in [-0.4, -0.2) is 53.2 Å². The Hall–Kier alpha value is -6.24. The zero-order valence-electron chi connectivity index (χ0n) is 29.8. The van der Waals surface area contributed by atoms with Crippen molar-refractivity contribution in [2.24, 2.45) is 0 Å². The SMILES string of the molecule is CCOC(=O)c1ccc(-c2c3nc(c(C#C[Si](C)(C)C)c4ccc([nH]4)c(-c4ccc(C(=O)OCC)cc4)c4nc(cc5ccc2[nH]5)C=C4)C=C3)cc1. The number of hydrogen-bond acceptors (Lipinski definition) is 6. The van der Waals surface area contributed by atoms with Crippen molar-refractivity contribution in [1.29, 1.82) is 0 Å². The first-order valence-corrected chi connectivity index (χ1v) is 20.8. The molecular weight excluding hydrogens is 665 g/mol. The lowest BCUT2D eigenvalue weighted by Gasteiger charge is -2.07. The highest BCUT2D eigenvalue weighted by molar-refractivity contribution is 6.83. The third-order valence-electron chi connectivity index (χ3n) is 8.51. The molecule has 2 N–H and O–H groups in total. The van der Waals surface area contributed by atoms with Gasteiger partial charge in [0.05, 0.1) is 58.2 Å². The smallest absolute Gasteiger partial charge is 0.338 e. The second-order valence-corrected chi connectivity index (χ2v) is 18.2. The first kappa shape index (κ1) is 34.2. The highest BCUT2D eigenvalue weighted by atomic mass is 28.3. The van der Waals surface area contributed by atoms with Gasteiger partial charge >= 0.3 is 11.9 Å². The normalized spacial score (nSPS) is 11.9. The van der Waals surface area contributed by atoms with Crippen LogP contribution in [0.15, 0.2) is 78.9 Å². The summed E-state index contributed by atoms with van der Waals surface area (Å²) < 4.78 is 10.4. The van der Waals surface area contributed by atoms with Crippen LogP contribution in [0.5, 0.6) is 0 Å². The number of aromatic nitrogens is 4. The Morgan fingerprint density at radius 3 is 1.75 bits per heavy atom. The van der Waals surface area contributed by atoms with Crippen molar-refractivity contribution in [1.82, 2.24) is 19.9 Å². The maximum Gasteiger partial charge on any atom is 0.338 e. The van der Waals surface area contributed by atoms with Crippen molar-refractivity contribution in [2.75, 3.05) is 13.2 Å². The molecule has 9 heteroatoms. The Kier molecular flexibility index (Phi) is 9.33. The molecule has 0 fully saturated rings. The minimum Gasteiger partial charge on any atom is -0.462 e. The van der Waals surface area contributed by atoms with Gasteiger partial charge in [0.2, 0.25) is 0 Å². The average molecular weight is 703 g/mol. The zero-order valence-corrected chi connectivity index (χ0v) is 30.8. The van der Waals surface area contributed by atoms with Crippen molar-refractivity contribution in [3.05, 3.63) is 118 Å². The summed E-state index contributed by atoms with van der Waals surface area (Å²) in [6.45, 7) is 10.9. The van der Waals surface area contributed by atoms with Gasteiger partial charge in [-0.1, -0.05) is 49.8 Å². The van der Waals surface area contributed by atoms with Gasteiger partial charge in [-0.3, -0.25) is 0 Å². The molecule has 5 heterocycles.